The van der Waals surface area contributed by atoms with Crippen LogP contribution in [0.5, 0.6) is 0 Å². The maximum atomic E-state index is 4.47. The van der Waals surface area contributed by atoms with E-state index in [1.165, 1.54) is 32.2 Å². The zero-order valence-corrected chi connectivity index (χ0v) is 13.2. The van der Waals surface area contributed by atoms with Crippen molar-refractivity contribution in [3.8, 4) is 0 Å². The van der Waals surface area contributed by atoms with Crippen LogP contribution in [0.1, 0.15) is 45.4 Å². The minimum Gasteiger partial charge on any atom is -0.320 e. The molecule has 0 bridgehead atoms. The van der Waals surface area contributed by atoms with Gasteiger partial charge in [0, 0.05) is 12.6 Å². The zero-order valence-electron chi connectivity index (χ0n) is 13.2. The second kappa shape index (κ2) is 7.74. The van der Waals surface area contributed by atoms with Crippen molar-refractivity contribution in [2.75, 3.05) is 20.1 Å². The van der Waals surface area contributed by atoms with Gasteiger partial charge in [0.1, 0.15) is 12.2 Å². The molecule has 0 spiro atoms. The number of rotatable bonds is 7. The number of hydrogen-bond donors (Lipinski definition) is 1. The van der Waals surface area contributed by atoms with Crippen molar-refractivity contribution in [1.82, 2.24) is 25.0 Å². The summed E-state index contributed by atoms with van der Waals surface area (Å²) >= 11 is 0. The smallest absolute Gasteiger partial charge is 0.141 e. The highest BCUT2D eigenvalue weighted by molar-refractivity contribution is 4.88. The third-order valence-electron chi connectivity index (χ3n) is 4.05. The molecule has 1 aromatic heterocycles. The third-order valence-corrected chi connectivity index (χ3v) is 4.05. The van der Waals surface area contributed by atoms with E-state index in [-0.39, 0.29) is 0 Å². The number of hydrogen-bond acceptors (Lipinski definition) is 4. The van der Waals surface area contributed by atoms with Crippen molar-refractivity contribution in [3.63, 3.8) is 0 Å². The Morgan fingerprint density at radius 3 is 3.00 bits per heavy atom. The van der Waals surface area contributed by atoms with Crippen molar-refractivity contribution in [1.29, 1.82) is 0 Å². The van der Waals surface area contributed by atoms with Crippen LogP contribution in [0.3, 0.4) is 0 Å². The molecule has 2 rings (SSSR count). The molecule has 0 amide bonds. The molecule has 1 N–H and O–H groups in total. The van der Waals surface area contributed by atoms with Crippen LogP contribution in [0.2, 0.25) is 0 Å². The Bertz CT molecular complexity index is 387. The highest BCUT2D eigenvalue weighted by atomic mass is 15.4. The van der Waals surface area contributed by atoms with E-state index in [2.05, 4.69) is 38.8 Å². The first-order valence-electron chi connectivity index (χ1n) is 7.96. The molecule has 1 aromatic rings. The van der Waals surface area contributed by atoms with Crippen molar-refractivity contribution < 1.29 is 0 Å². The molecule has 0 aliphatic carbocycles. The van der Waals surface area contributed by atoms with E-state index < -0.39 is 0 Å². The Labute approximate surface area is 122 Å². The van der Waals surface area contributed by atoms with Crippen molar-refractivity contribution >= 4 is 0 Å². The first kappa shape index (κ1) is 15.4. The summed E-state index contributed by atoms with van der Waals surface area (Å²) in [5, 5.41) is 7.65. The lowest BCUT2D eigenvalue weighted by molar-refractivity contribution is 0.126. The Balaban J connectivity index is 1.97. The standard InChI is InChI=1S/C15H29N5/c1-13(2)10-20-15(17-12-18-20)11-19-9-5-4-6-14(19)7-8-16-3/h12-14,16H,4-11H2,1-3H3. The number of likely N-dealkylation sites (tertiary alicyclic amines) is 1. The van der Waals surface area contributed by atoms with Crippen LogP contribution in [-0.4, -0.2) is 45.8 Å². The highest BCUT2D eigenvalue weighted by Gasteiger charge is 2.23. The third kappa shape index (κ3) is 4.28. The lowest BCUT2D eigenvalue weighted by Crippen LogP contribution is -2.41. The molecule has 5 nitrogen and oxygen atoms in total. The van der Waals surface area contributed by atoms with Gasteiger partial charge in [0.05, 0.1) is 6.54 Å². The van der Waals surface area contributed by atoms with Gasteiger partial charge < -0.3 is 5.32 Å². The summed E-state index contributed by atoms with van der Waals surface area (Å²) in [6.45, 7) is 8.65. The minimum atomic E-state index is 0.608. The normalized spacial score (nSPS) is 20.7. The molecule has 1 aliphatic heterocycles. The molecule has 1 saturated heterocycles. The first-order chi connectivity index (χ1) is 9.70. The Hall–Kier alpha value is -0.940. The van der Waals surface area contributed by atoms with Gasteiger partial charge >= 0.3 is 0 Å². The van der Waals surface area contributed by atoms with Crippen LogP contribution in [0, 0.1) is 5.92 Å². The lowest BCUT2D eigenvalue weighted by Gasteiger charge is -2.35. The average Bonchev–Trinajstić information content (AvgIpc) is 2.84. The average molecular weight is 279 g/mol. The molecule has 2 heterocycles. The maximum absolute atomic E-state index is 4.47. The number of piperidine rings is 1. The quantitative estimate of drug-likeness (QED) is 0.828. The summed E-state index contributed by atoms with van der Waals surface area (Å²) in [4.78, 5) is 7.07. The zero-order chi connectivity index (χ0) is 14.4. The summed E-state index contributed by atoms with van der Waals surface area (Å²) in [5.41, 5.74) is 0. The van der Waals surface area contributed by atoms with Gasteiger partial charge in [-0.05, 0) is 45.3 Å². The van der Waals surface area contributed by atoms with Gasteiger partial charge in [-0.1, -0.05) is 20.3 Å². The van der Waals surface area contributed by atoms with E-state index in [0.29, 0.717) is 12.0 Å². The number of aromatic nitrogens is 3. The van der Waals surface area contributed by atoms with Crippen LogP contribution in [0.15, 0.2) is 6.33 Å². The van der Waals surface area contributed by atoms with E-state index in [0.717, 1.165) is 25.5 Å². The molecule has 0 saturated carbocycles. The van der Waals surface area contributed by atoms with E-state index in [9.17, 15) is 0 Å². The summed E-state index contributed by atoms with van der Waals surface area (Å²) in [6, 6.07) is 0.695. The van der Waals surface area contributed by atoms with Crippen LogP contribution >= 0.6 is 0 Å². The SMILES string of the molecule is CNCCC1CCCCN1Cc1ncnn1CC(C)C. The molecule has 20 heavy (non-hydrogen) atoms. The largest absolute Gasteiger partial charge is 0.320 e. The van der Waals surface area contributed by atoms with Crippen LogP contribution in [0.4, 0.5) is 0 Å². The van der Waals surface area contributed by atoms with E-state index in [4.69, 9.17) is 0 Å². The van der Waals surface area contributed by atoms with Crippen LogP contribution in [0.25, 0.3) is 0 Å². The molecule has 5 heteroatoms. The Kier molecular flexibility index (Phi) is 5.98. The van der Waals surface area contributed by atoms with Gasteiger partial charge in [0.15, 0.2) is 0 Å². The van der Waals surface area contributed by atoms with Gasteiger partial charge in [-0.2, -0.15) is 5.10 Å². The molecule has 1 fully saturated rings. The van der Waals surface area contributed by atoms with Crippen molar-refractivity contribution in [3.05, 3.63) is 12.2 Å². The minimum absolute atomic E-state index is 0.608. The molecule has 1 aliphatic rings. The second-order valence-electron chi connectivity index (χ2n) is 6.26. The predicted octanol–water partition coefficient (Wildman–Crippen LogP) is 1.90. The number of nitrogens with one attached hydrogen (secondary N) is 1. The summed E-state index contributed by atoms with van der Waals surface area (Å²) in [7, 11) is 2.03. The molecule has 0 radical (unpaired) electrons. The van der Waals surface area contributed by atoms with Gasteiger partial charge in [-0.25, -0.2) is 9.67 Å². The monoisotopic (exact) mass is 279 g/mol. The van der Waals surface area contributed by atoms with Gasteiger partial charge in [-0.15, -0.1) is 0 Å². The van der Waals surface area contributed by atoms with E-state index in [1.807, 2.05) is 7.05 Å². The predicted molar refractivity (Wildman–Crippen MR) is 81.5 cm³/mol. The van der Waals surface area contributed by atoms with Crippen LogP contribution in [-0.2, 0) is 13.1 Å². The second-order valence-corrected chi connectivity index (χ2v) is 6.26. The Morgan fingerprint density at radius 1 is 1.40 bits per heavy atom. The fraction of sp³-hybridized carbons (Fsp3) is 0.867. The number of nitrogens with zero attached hydrogens (tertiary/aromatic N) is 4. The first-order valence-corrected chi connectivity index (χ1v) is 7.96. The van der Waals surface area contributed by atoms with Gasteiger partial charge in [0.2, 0.25) is 0 Å². The summed E-state index contributed by atoms with van der Waals surface area (Å²) in [5.74, 6) is 1.73. The van der Waals surface area contributed by atoms with E-state index >= 15 is 0 Å². The molecule has 114 valence electrons. The topological polar surface area (TPSA) is 46.0 Å². The van der Waals surface area contributed by atoms with Crippen LogP contribution < -0.4 is 5.32 Å². The molecular weight excluding hydrogens is 250 g/mol. The Morgan fingerprint density at radius 2 is 2.25 bits per heavy atom. The molecular formula is C15H29N5. The highest BCUT2D eigenvalue weighted by Crippen LogP contribution is 2.21. The maximum Gasteiger partial charge on any atom is 0.141 e. The molecule has 0 aromatic carbocycles. The molecule has 1 unspecified atom stereocenters. The summed E-state index contributed by atoms with van der Waals surface area (Å²) < 4.78 is 2.08. The van der Waals surface area contributed by atoms with Crippen molar-refractivity contribution in [2.45, 2.75) is 58.7 Å². The summed E-state index contributed by atoms with van der Waals surface area (Å²) in [6.07, 6.45) is 6.93. The molecule has 1 atom stereocenters. The van der Waals surface area contributed by atoms with Crippen molar-refractivity contribution in [2.24, 2.45) is 5.92 Å². The van der Waals surface area contributed by atoms with E-state index in [1.54, 1.807) is 6.33 Å². The fourth-order valence-corrected chi connectivity index (χ4v) is 3.00. The lowest BCUT2D eigenvalue weighted by atomic mass is 9.99. The van der Waals surface area contributed by atoms with Gasteiger partial charge in [0.25, 0.3) is 0 Å². The fourth-order valence-electron chi connectivity index (χ4n) is 3.00. The van der Waals surface area contributed by atoms with Gasteiger partial charge in [-0.3, -0.25) is 4.90 Å².